The first kappa shape index (κ1) is 24.3. The molecule has 0 aromatic carbocycles. The number of piperazine rings is 1. The summed E-state index contributed by atoms with van der Waals surface area (Å²) in [4.78, 5) is 36.3. The molecule has 0 aliphatic carbocycles. The molecule has 0 radical (unpaired) electrons. The molecule has 1 atom stereocenters. The summed E-state index contributed by atoms with van der Waals surface area (Å²) < 4.78 is 83.2. The zero-order chi connectivity index (χ0) is 24.4. The summed E-state index contributed by atoms with van der Waals surface area (Å²) in [6.45, 7) is 1.78. The molecule has 1 saturated heterocycles. The van der Waals surface area contributed by atoms with Gasteiger partial charge in [0.25, 0.3) is 5.56 Å². The van der Waals surface area contributed by atoms with Crippen LogP contribution in [0.4, 0.5) is 37.1 Å². The van der Waals surface area contributed by atoms with Gasteiger partial charge in [-0.3, -0.25) is 9.69 Å². The SMILES string of the molecule is CCCOC(=O)N1CCN(c2ncc(C(F)(F)F)cn2)C[C@@H]1c1c[nH]c(=O)c(C(F)(F)F)c1. The number of carbonyl (C=O) groups excluding carboxylic acids is 1. The van der Waals surface area contributed by atoms with Gasteiger partial charge in [-0.05, 0) is 18.1 Å². The molecule has 1 aliphatic heterocycles. The van der Waals surface area contributed by atoms with Crippen molar-refractivity contribution >= 4 is 12.0 Å². The molecule has 1 aliphatic rings. The Balaban J connectivity index is 1.95. The number of halogens is 6. The van der Waals surface area contributed by atoms with Crippen molar-refractivity contribution in [2.75, 3.05) is 31.1 Å². The number of ether oxygens (including phenoxy) is 1. The van der Waals surface area contributed by atoms with Crippen LogP contribution >= 0.6 is 0 Å². The van der Waals surface area contributed by atoms with Crippen LogP contribution < -0.4 is 10.5 Å². The monoisotopic (exact) mass is 479 g/mol. The number of H-pyrrole nitrogens is 1. The Bertz CT molecular complexity index is 1040. The van der Waals surface area contributed by atoms with Gasteiger partial charge in [-0.25, -0.2) is 14.8 Å². The van der Waals surface area contributed by atoms with Gasteiger partial charge in [-0.1, -0.05) is 6.92 Å². The molecule has 2 aromatic heterocycles. The van der Waals surface area contributed by atoms with Gasteiger partial charge in [0.05, 0.1) is 18.2 Å². The molecule has 33 heavy (non-hydrogen) atoms. The van der Waals surface area contributed by atoms with Crippen LogP contribution in [-0.4, -0.2) is 52.2 Å². The number of alkyl halides is 6. The van der Waals surface area contributed by atoms with E-state index in [1.54, 1.807) is 6.92 Å². The third-order valence-corrected chi connectivity index (χ3v) is 4.91. The molecular formula is C19H19F6N5O3. The highest BCUT2D eigenvalue weighted by atomic mass is 19.4. The molecule has 8 nitrogen and oxygen atoms in total. The Morgan fingerprint density at radius 1 is 1.15 bits per heavy atom. The van der Waals surface area contributed by atoms with Gasteiger partial charge >= 0.3 is 18.4 Å². The van der Waals surface area contributed by atoms with Crippen LogP contribution in [0.25, 0.3) is 0 Å². The Labute approximate surface area is 183 Å². The van der Waals surface area contributed by atoms with E-state index in [-0.39, 0.29) is 37.8 Å². The van der Waals surface area contributed by atoms with Crippen molar-refractivity contribution < 1.29 is 35.9 Å². The largest absolute Gasteiger partial charge is 0.449 e. The van der Waals surface area contributed by atoms with E-state index in [2.05, 4.69) is 9.97 Å². The van der Waals surface area contributed by atoms with Crippen LogP contribution in [0.15, 0.2) is 29.5 Å². The van der Waals surface area contributed by atoms with E-state index in [9.17, 15) is 35.9 Å². The summed E-state index contributed by atoms with van der Waals surface area (Å²) in [7, 11) is 0. The Morgan fingerprint density at radius 3 is 2.39 bits per heavy atom. The van der Waals surface area contributed by atoms with Gasteiger partial charge in [0.2, 0.25) is 5.95 Å². The number of aromatic amines is 1. The molecule has 0 saturated carbocycles. The smallest absolute Gasteiger partial charge is 0.421 e. The highest BCUT2D eigenvalue weighted by molar-refractivity contribution is 5.69. The molecule has 180 valence electrons. The number of carbonyl (C=O) groups is 1. The van der Waals surface area contributed by atoms with Gasteiger partial charge in [0.1, 0.15) is 5.56 Å². The first-order chi connectivity index (χ1) is 15.4. The second kappa shape index (κ2) is 9.27. The predicted octanol–water partition coefficient (Wildman–Crippen LogP) is 3.61. The fourth-order valence-electron chi connectivity index (χ4n) is 3.28. The van der Waals surface area contributed by atoms with E-state index >= 15 is 0 Å². The zero-order valence-corrected chi connectivity index (χ0v) is 17.2. The van der Waals surface area contributed by atoms with E-state index in [1.165, 1.54) is 9.80 Å². The van der Waals surface area contributed by atoms with Crippen molar-refractivity contribution in [2.45, 2.75) is 31.7 Å². The number of amides is 1. The lowest BCUT2D eigenvalue weighted by Crippen LogP contribution is -2.51. The quantitative estimate of drug-likeness (QED) is 0.674. The lowest BCUT2D eigenvalue weighted by molar-refractivity contribution is -0.139. The normalized spacial score (nSPS) is 17.2. The average molecular weight is 479 g/mol. The van der Waals surface area contributed by atoms with Crippen molar-refractivity contribution in [2.24, 2.45) is 0 Å². The van der Waals surface area contributed by atoms with Gasteiger partial charge in [-0.15, -0.1) is 0 Å². The minimum Gasteiger partial charge on any atom is -0.449 e. The summed E-state index contributed by atoms with van der Waals surface area (Å²) in [5, 5.41) is 0. The first-order valence-electron chi connectivity index (χ1n) is 9.79. The standard InChI is InChI=1S/C19H19F6N5O3/c1-2-5-33-17(32)30-4-3-29(16-27-8-12(9-28-16)18(20,21)22)10-14(30)11-6-13(19(23,24)25)15(31)26-7-11/h6-9,14H,2-5,10H2,1H3,(H,26,31)/t14-/m1/s1. The molecule has 0 bridgehead atoms. The maximum Gasteiger partial charge on any atom is 0.421 e. The average Bonchev–Trinajstić information content (AvgIpc) is 2.76. The van der Waals surface area contributed by atoms with Crippen LogP contribution in [0.3, 0.4) is 0 Å². The van der Waals surface area contributed by atoms with E-state index in [0.717, 1.165) is 6.20 Å². The zero-order valence-electron chi connectivity index (χ0n) is 17.2. The summed E-state index contributed by atoms with van der Waals surface area (Å²) in [6.07, 6.45) is -7.56. The number of nitrogens with one attached hydrogen (secondary N) is 1. The molecule has 1 amide bonds. The number of anilines is 1. The molecule has 14 heteroatoms. The number of hydrogen-bond donors (Lipinski definition) is 1. The lowest BCUT2D eigenvalue weighted by atomic mass is 10.0. The van der Waals surface area contributed by atoms with E-state index in [1.807, 2.05) is 4.98 Å². The number of nitrogens with zero attached hydrogens (tertiary/aromatic N) is 4. The van der Waals surface area contributed by atoms with Crippen molar-refractivity contribution in [3.63, 3.8) is 0 Å². The highest BCUT2D eigenvalue weighted by Crippen LogP contribution is 2.33. The summed E-state index contributed by atoms with van der Waals surface area (Å²) in [6, 6.07) is -0.382. The summed E-state index contributed by atoms with van der Waals surface area (Å²) in [5.41, 5.74) is -3.87. The third kappa shape index (κ3) is 5.54. The molecule has 0 spiro atoms. The van der Waals surface area contributed by atoms with Crippen LogP contribution in [0.5, 0.6) is 0 Å². The highest BCUT2D eigenvalue weighted by Gasteiger charge is 2.38. The van der Waals surface area contributed by atoms with Crippen molar-refractivity contribution in [3.05, 3.63) is 51.7 Å². The van der Waals surface area contributed by atoms with Crippen LogP contribution in [0, 0.1) is 0 Å². The van der Waals surface area contributed by atoms with Crippen LogP contribution in [0.1, 0.15) is 36.1 Å². The number of aromatic nitrogens is 3. The number of rotatable bonds is 4. The first-order valence-corrected chi connectivity index (χ1v) is 9.79. The van der Waals surface area contributed by atoms with Crippen LogP contribution in [0.2, 0.25) is 0 Å². The molecule has 1 fully saturated rings. The van der Waals surface area contributed by atoms with Crippen molar-refractivity contribution in [1.82, 2.24) is 19.9 Å². The minimum absolute atomic E-state index is 0.0297. The van der Waals surface area contributed by atoms with Gasteiger partial charge < -0.3 is 14.6 Å². The molecule has 0 unspecified atom stereocenters. The second-order valence-electron chi connectivity index (χ2n) is 7.21. The van der Waals surface area contributed by atoms with Crippen molar-refractivity contribution in [3.8, 4) is 0 Å². The molecule has 3 rings (SSSR count). The molecular weight excluding hydrogens is 460 g/mol. The lowest BCUT2D eigenvalue weighted by Gasteiger charge is -2.41. The summed E-state index contributed by atoms with van der Waals surface area (Å²) in [5.74, 6) is -0.0879. The van der Waals surface area contributed by atoms with Gasteiger partial charge in [0.15, 0.2) is 0 Å². The Morgan fingerprint density at radius 2 is 1.82 bits per heavy atom. The van der Waals surface area contributed by atoms with Gasteiger partial charge in [0, 0.05) is 38.2 Å². The van der Waals surface area contributed by atoms with Gasteiger partial charge in [-0.2, -0.15) is 26.3 Å². The fraction of sp³-hybridized carbons (Fsp3) is 0.474. The number of hydrogen-bond acceptors (Lipinski definition) is 6. The van der Waals surface area contributed by atoms with E-state index < -0.39 is 41.2 Å². The van der Waals surface area contributed by atoms with E-state index in [0.29, 0.717) is 24.9 Å². The fourth-order valence-corrected chi connectivity index (χ4v) is 3.28. The Hall–Kier alpha value is -3.32. The minimum atomic E-state index is -4.93. The van der Waals surface area contributed by atoms with E-state index in [4.69, 9.17) is 4.74 Å². The number of pyridine rings is 1. The van der Waals surface area contributed by atoms with Crippen LogP contribution in [-0.2, 0) is 17.1 Å². The molecule has 2 aromatic rings. The second-order valence-corrected chi connectivity index (χ2v) is 7.21. The maximum atomic E-state index is 13.2. The third-order valence-electron chi connectivity index (χ3n) is 4.91. The topological polar surface area (TPSA) is 91.4 Å². The van der Waals surface area contributed by atoms with Crippen molar-refractivity contribution in [1.29, 1.82) is 0 Å². The molecule has 1 N–H and O–H groups in total. The predicted molar refractivity (Wildman–Crippen MR) is 102 cm³/mol. The maximum absolute atomic E-state index is 13.2. The summed E-state index contributed by atoms with van der Waals surface area (Å²) >= 11 is 0. The Kier molecular flexibility index (Phi) is 6.84. The molecule has 3 heterocycles.